The summed E-state index contributed by atoms with van der Waals surface area (Å²) < 4.78 is 1.37. The normalized spacial score (nSPS) is 45.2. The van der Waals surface area contributed by atoms with Gasteiger partial charge < -0.3 is 0 Å². The van der Waals surface area contributed by atoms with Crippen LogP contribution in [0.15, 0.2) is 10.1 Å². The van der Waals surface area contributed by atoms with Crippen LogP contribution in [0.1, 0.15) is 0 Å². The molecular formula is C10H5Cl6HgNO2. The van der Waals surface area contributed by atoms with Crippen LogP contribution in [0.25, 0.3) is 0 Å². The Bertz CT molecular complexity index is 548. The topological polar surface area (TPSA) is 37.4 Å². The SMILES string of the molecule is [CH3][Hg][N]1C(=O)C2C(C1=O)C1(Cl)C(Cl)=C(Cl)C2(Cl)C1(Cl)Cl. The van der Waals surface area contributed by atoms with E-state index in [9.17, 15) is 9.59 Å². The number of allylic oxidation sites excluding steroid dienone is 2. The molecule has 1 saturated carbocycles. The Morgan fingerprint density at radius 2 is 1.30 bits per heavy atom. The van der Waals surface area contributed by atoms with Gasteiger partial charge in [-0.25, -0.2) is 0 Å². The number of halogens is 6. The van der Waals surface area contributed by atoms with Crippen LogP contribution < -0.4 is 0 Å². The molecule has 4 atom stereocenters. The number of carbonyl (C=O) groups is 2. The number of imide groups is 1. The second-order valence-electron chi connectivity index (χ2n) is 5.00. The number of fused-ring (bicyclic) bond motifs is 5. The van der Waals surface area contributed by atoms with Gasteiger partial charge in [0.15, 0.2) is 0 Å². The second-order valence-corrected chi connectivity index (χ2v) is 13.2. The van der Waals surface area contributed by atoms with Crippen molar-refractivity contribution in [3.05, 3.63) is 10.1 Å². The van der Waals surface area contributed by atoms with E-state index in [0.29, 0.717) is 0 Å². The third-order valence-electron chi connectivity index (χ3n) is 4.32. The molecule has 0 aromatic carbocycles. The summed E-state index contributed by atoms with van der Waals surface area (Å²) in [6.07, 6.45) is 0. The summed E-state index contributed by atoms with van der Waals surface area (Å²) in [5.41, 5.74) is 0. The van der Waals surface area contributed by atoms with E-state index >= 15 is 0 Å². The number of nitrogens with zero attached hydrogens (tertiary/aromatic N) is 1. The first-order valence-electron chi connectivity index (χ1n) is 5.75. The average Bonchev–Trinajstić information content (AvgIpc) is 2.75. The second kappa shape index (κ2) is 4.55. The summed E-state index contributed by atoms with van der Waals surface area (Å²) in [5, 5.41) is -0.0873. The van der Waals surface area contributed by atoms with Crippen LogP contribution in [0.5, 0.6) is 0 Å². The molecule has 106 valence electrons. The van der Waals surface area contributed by atoms with Gasteiger partial charge in [0.2, 0.25) is 0 Å². The van der Waals surface area contributed by atoms with Crippen LogP contribution in [0.4, 0.5) is 0 Å². The number of hydrogen-bond donors (Lipinski definition) is 0. The van der Waals surface area contributed by atoms with Crippen molar-refractivity contribution < 1.29 is 34.5 Å². The molecule has 10 heteroatoms. The Morgan fingerprint density at radius 1 is 0.950 bits per heavy atom. The first kappa shape index (κ1) is 16.4. The monoisotopic (exact) mass is 583 g/mol. The van der Waals surface area contributed by atoms with Gasteiger partial charge in [0, 0.05) is 0 Å². The molecule has 2 amide bonds. The van der Waals surface area contributed by atoms with E-state index in [1.165, 1.54) is 2.66 Å². The van der Waals surface area contributed by atoms with E-state index in [4.69, 9.17) is 69.6 Å². The van der Waals surface area contributed by atoms with E-state index in [0.717, 1.165) is 0 Å². The van der Waals surface area contributed by atoms with Crippen LogP contribution in [-0.2, 0) is 34.5 Å². The maximum atomic E-state index is 12.5. The molecule has 2 fully saturated rings. The van der Waals surface area contributed by atoms with Crippen LogP contribution in [0.2, 0.25) is 4.43 Å². The van der Waals surface area contributed by atoms with Gasteiger partial charge in [-0.2, -0.15) is 0 Å². The predicted molar refractivity (Wildman–Crippen MR) is 75.0 cm³/mol. The van der Waals surface area contributed by atoms with Gasteiger partial charge in [0.05, 0.1) is 0 Å². The Kier molecular flexibility index (Phi) is 3.74. The minimum atomic E-state index is -1.82. The molecule has 1 heterocycles. The zero-order valence-electron chi connectivity index (χ0n) is 9.89. The first-order chi connectivity index (χ1) is 9.08. The van der Waals surface area contributed by atoms with Crippen molar-refractivity contribution >= 4 is 81.4 Å². The van der Waals surface area contributed by atoms with Gasteiger partial charge in [-0.05, 0) is 0 Å². The standard InChI is InChI=1S/C9H3Cl6NO2.CH3.Hg/c10-3-4(11)8(13)2-1(5(17)16-6(2)18)7(3,12)9(8,14)15;;/h1-2H,(H,16,17,18);1H3;/q;;+1/p-1. The summed E-state index contributed by atoms with van der Waals surface area (Å²) in [6, 6.07) is 0. The van der Waals surface area contributed by atoms with E-state index in [1.807, 2.05) is 4.43 Å². The maximum absolute atomic E-state index is 12.5. The molecular weight excluding hydrogens is 579 g/mol. The van der Waals surface area contributed by atoms with Gasteiger partial charge in [-0.15, -0.1) is 0 Å². The molecule has 1 saturated heterocycles. The molecule has 1 aliphatic heterocycles. The van der Waals surface area contributed by atoms with Gasteiger partial charge >= 0.3 is 159 Å². The molecule has 3 rings (SSSR count). The third-order valence-corrected chi connectivity index (χ3v) is 13.5. The first-order valence-corrected chi connectivity index (χ1v) is 16.0. The molecule has 0 spiro atoms. The van der Waals surface area contributed by atoms with Crippen LogP contribution in [0, 0.1) is 11.8 Å². The average molecular weight is 584 g/mol. The van der Waals surface area contributed by atoms with Crippen molar-refractivity contribution in [1.82, 2.24) is 2.66 Å². The number of hydrogen-bond acceptors (Lipinski definition) is 2. The Balaban J connectivity index is 2.31. The van der Waals surface area contributed by atoms with Crippen molar-refractivity contribution in [2.24, 2.45) is 11.8 Å². The van der Waals surface area contributed by atoms with Gasteiger partial charge in [-0.1, -0.05) is 0 Å². The van der Waals surface area contributed by atoms with Crippen molar-refractivity contribution in [3.8, 4) is 0 Å². The van der Waals surface area contributed by atoms with Crippen LogP contribution >= 0.6 is 69.6 Å². The van der Waals surface area contributed by atoms with Crippen molar-refractivity contribution in [2.75, 3.05) is 0 Å². The molecule has 0 N–H and O–H groups in total. The fourth-order valence-corrected chi connectivity index (χ4v) is 10.2. The Labute approximate surface area is 157 Å². The number of rotatable bonds is 1. The molecule has 0 aromatic heterocycles. The Hall–Kier alpha value is 1.56. The fourth-order valence-electron chi connectivity index (χ4n) is 3.36. The predicted octanol–water partition coefficient (Wildman–Crippen LogP) is 3.48. The van der Waals surface area contributed by atoms with E-state index < -0.39 is 50.8 Å². The third kappa shape index (κ3) is 1.39. The molecule has 4 unspecified atom stereocenters. The quantitative estimate of drug-likeness (QED) is 0.269. The summed E-state index contributed by atoms with van der Waals surface area (Å²) in [7, 11) is 0. The van der Waals surface area contributed by atoms with Gasteiger partial charge in [-0.3, -0.25) is 0 Å². The number of carbonyl (C=O) groups excluding carboxylic acids is 2. The molecule has 3 aliphatic rings. The van der Waals surface area contributed by atoms with Crippen LogP contribution in [0.3, 0.4) is 0 Å². The van der Waals surface area contributed by atoms with Gasteiger partial charge in [0.25, 0.3) is 0 Å². The molecule has 2 aliphatic carbocycles. The summed E-state index contributed by atoms with van der Waals surface area (Å²) >= 11 is 36.1. The number of alkyl halides is 4. The number of amides is 2. The van der Waals surface area contributed by atoms with Gasteiger partial charge in [0.1, 0.15) is 0 Å². The molecule has 20 heavy (non-hydrogen) atoms. The minimum absolute atomic E-state index is 0.0437. The summed E-state index contributed by atoms with van der Waals surface area (Å²) in [4.78, 5) is 21.6. The van der Waals surface area contributed by atoms with E-state index in [2.05, 4.69) is 0 Å². The van der Waals surface area contributed by atoms with Crippen LogP contribution in [-0.4, -0.2) is 28.6 Å². The molecule has 0 radical (unpaired) electrons. The summed E-state index contributed by atoms with van der Waals surface area (Å²) in [5.74, 6) is -2.68. The van der Waals surface area contributed by atoms with Crippen molar-refractivity contribution in [3.63, 3.8) is 0 Å². The zero-order valence-corrected chi connectivity index (χ0v) is 19.9. The summed E-state index contributed by atoms with van der Waals surface area (Å²) in [6.45, 7) is 0. The Morgan fingerprint density at radius 3 is 1.60 bits per heavy atom. The van der Waals surface area contributed by atoms with Crippen molar-refractivity contribution in [2.45, 2.75) is 18.5 Å². The zero-order chi connectivity index (χ0) is 15.2. The molecule has 0 aromatic rings. The molecule has 3 nitrogen and oxygen atoms in total. The fraction of sp³-hybridized carbons (Fsp3) is 0.600. The van der Waals surface area contributed by atoms with E-state index in [-0.39, 0.29) is 21.9 Å². The van der Waals surface area contributed by atoms with Crippen molar-refractivity contribution in [1.29, 1.82) is 0 Å². The van der Waals surface area contributed by atoms with E-state index in [1.54, 1.807) is 0 Å². The molecule has 2 bridgehead atoms.